The van der Waals surface area contributed by atoms with Crippen LogP contribution in [0.3, 0.4) is 0 Å². The van der Waals surface area contributed by atoms with Gasteiger partial charge in [-0.15, -0.1) is 0 Å². The molecule has 0 bridgehead atoms. The van der Waals surface area contributed by atoms with Crippen molar-refractivity contribution in [2.45, 2.75) is 65.4 Å². The quantitative estimate of drug-likeness (QED) is 0.803. The lowest BCUT2D eigenvalue weighted by Gasteiger charge is -2.60. The minimum absolute atomic E-state index is 0.0693. The van der Waals surface area contributed by atoms with Crippen molar-refractivity contribution in [3.63, 3.8) is 0 Å². The highest BCUT2D eigenvalue weighted by atomic mass is 16.3. The van der Waals surface area contributed by atoms with Crippen LogP contribution in [0.2, 0.25) is 0 Å². The molecule has 25 heavy (non-hydrogen) atoms. The molecule has 3 fully saturated rings. The van der Waals surface area contributed by atoms with Gasteiger partial charge in [0.25, 0.3) is 0 Å². The number of hydrogen-bond donors (Lipinski definition) is 2. The Kier molecular flexibility index (Phi) is 4.20. The molecule has 2 N–H and O–H groups in total. The van der Waals surface area contributed by atoms with Gasteiger partial charge in [0.15, 0.2) is 5.78 Å². The Morgan fingerprint density at radius 3 is 2.72 bits per heavy atom. The molecule has 0 aromatic rings. The van der Waals surface area contributed by atoms with Crippen LogP contribution in [0.1, 0.15) is 59.3 Å². The van der Waals surface area contributed by atoms with Gasteiger partial charge in [-0.25, -0.2) is 0 Å². The molecule has 0 aromatic heterocycles. The van der Waals surface area contributed by atoms with E-state index < -0.39 is 0 Å². The van der Waals surface area contributed by atoms with E-state index in [0.29, 0.717) is 41.9 Å². The smallest absolute Gasteiger partial charge is 0.155 e. The maximum absolute atomic E-state index is 11.9. The van der Waals surface area contributed by atoms with Crippen molar-refractivity contribution >= 4 is 5.78 Å². The van der Waals surface area contributed by atoms with Crippen molar-refractivity contribution in [2.24, 2.45) is 46.3 Å². The van der Waals surface area contributed by atoms with E-state index in [9.17, 15) is 15.0 Å². The van der Waals surface area contributed by atoms with E-state index in [4.69, 9.17) is 0 Å². The number of carbonyl (C=O) groups excluding carboxylic acids is 1. The number of carbonyl (C=O) groups is 1. The number of ketones is 1. The van der Waals surface area contributed by atoms with Crippen LogP contribution in [0, 0.1) is 46.3 Å². The van der Waals surface area contributed by atoms with Gasteiger partial charge in [0.2, 0.25) is 0 Å². The second-order valence-corrected chi connectivity index (χ2v) is 10.0. The van der Waals surface area contributed by atoms with Gasteiger partial charge in [-0.3, -0.25) is 4.79 Å². The fourth-order valence-electron chi connectivity index (χ4n) is 7.71. The standard InChI is InChI=1S/C22H34O3/c1-13(12-23)16-4-5-17-20-18(7-9-22(16,17)3)21(2)8-6-15(24)10-14(21)11-19(20)25/h6,8,13-14,16-20,23,25H,4-5,7,9-12H2,1-3H3/t13-,14?,16-,17+,18+,19?,20+,21+,22-/m1/s1. The van der Waals surface area contributed by atoms with Crippen molar-refractivity contribution in [2.75, 3.05) is 6.61 Å². The lowest BCUT2D eigenvalue weighted by atomic mass is 9.45. The van der Waals surface area contributed by atoms with E-state index in [2.05, 4.69) is 26.8 Å². The predicted octanol–water partition coefficient (Wildman–Crippen LogP) is 3.59. The Labute approximate surface area is 151 Å². The average molecular weight is 347 g/mol. The first kappa shape index (κ1) is 17.7. The summed E-state index contributed by atoms with van der Waals surface area (Å²) in [5.74, 6) is 2.86. The molecule has 140 valence electrons. The molecular formula is C22H34O3. The van der Waals surface area contributed by atoms with Crippen LogP contribution in [-0.4, -0.2) is 28.7 Å². The number of rotatable bonds is 2. The average Bonchev–Trinajstić information content (AvgIpc) is 2.93. The maximum atomic E-state index is 11.9. The molecule has 0 radical (unpaired) electrons. The molecule has 9 atom stereocenters. The van der Waals surface area contributed by atoms with Crippen LogP contribution in [0.5, 0.6) is 0 Å². The number of hydrogen-bond acceptors (Lipinski definition) is 3. The minimum Gasteiger partial charge on any atom is -0.396 e. The Balaban J connectivity index is 1.68. The molecule has 4 aliphatic carbocycles. The highest BCUT2D eigenvalue weighted by molar-refractivity contribution is 5.91. The predicted molar refractivity (Wildman–Crippen MR) is 97.8 cm³/mol. The number of aliphatic hydroxyl groups is 2. The van der Waals surface area contributed by atoms with Crippen LogP contribution in [0.15, 0.2) is 12.2 Å². The van der Waals surface area contributed by atoms with E-state index in [1.807, 2.05) is 6.08 Å². The fraction of sp³-hybridized carbons (Fsp3) is 0.864. The molecule has 0 aliphatic heterocycles. The van der Waals surface area contributed by atoms with E-state index in [0.717, 1.165) is 12.8 Å². The van der Waals surface area contributed by atoms with Crippen LogP contribution in [0.25, 0.3) is 0 Å². The van der Waals surface area contributed by atoms with Gasteiger partial charge in [0.1, 0.15) is 0 Å². The topological polar surface area (TPSA) is 57.5 Å². The highest BCUT2D eigenvalue weighted by Gasteiger charge is 2.62. The molecule has 0 amide bonds. The lowest BCUT2D eigenvalue weighted by molar-refractivity contribution is -0.147. The Morgan fingerprint density at radius 2 is 2.00 bits per heavy atom. The molecule has 3 saturated carbocycles. The Morgan fingerprint density at radius 1 is 1.24 bits per heavy atom. The van der Waals surface area contributed by atoms with Crippen molar-refractivity contribution in [1.82, 2.24) is 0 Å². The minimum atomic E-state index is -0.268. The monoisotopic (exact) mass is 346 g/mol. The first-order valence-corrected chi connectivity index (χ1v) is 10.3. The summed E-state index contributed by atoms with van der Waals surface area (Å²) in [4.78, 5) is 11.9. The molecule has 0 spiro atoms. The summed E-state index contributed by atoms with van der Waals surface area (Å²) in [5.41, 5.74) is 0.321. The third-order valence-electron chi connectivity index (χ3n) is 9.11. The summed E-state index contributed by atoms with van der Waals surface area (Å²) in [7, 11) is 0. The first-order chi connectivity index (χ1) is 11.8. The highest BCUT2D eigenvalue weighted by Crippen LogP contribution is 2.67. The largest absolute Gasteiger partial charge is 0.396 e. The van der Waals surface area contributed by atoms with E-state index in [-0.39, 0.29) is 29.3 Å². The third-order valence-corrected chi connectivity index (χ3v) is 9.11. The lowest BCUT2D eigenvalue weighted by Crippen LogP contribution is -2.57. The summed E-state index contributed by atoms with van der Waals surface area (Å²) in [5, 5.41) is 20.8. The van der Waals surface area contributed by atoms with Gasteiger partial charge in [-0.2, -0.15) is 0 Å². The number of aliphatic hydroxyl groups excluding tert-OH is 2. The summed E-state index contributed by atoms with van der Waals surface area (Å²) in [6.45, 7) is 7.23. The fourth-order valence-corrected chi connectivity index (χ4v) is 7.71. The molecule has 2 unspecified atom stereocenters. The Bertz CT molecular complexity index is 584. The van der Waals surface area contributed by atoms with Crippen molar-refractivity contribution in [3.8, 4) is 0 Å². The molecule has 0 heterocycles. The van der Waals surface area contributed by atoms with E-state index in [1.165, 1.54) is 19.3 Å². The summed E-state index contributed by atoms with van der Waals surface area (Å²) < 4.78 is 0. The first-order valence-electron chi connectivity index (χ1n) is 10.3. The van der Waals surface area contributed by atoms with Crippen LogP contribution in [0.4, 0.5) is 0 Å². The zero-order valence-corrected chi connectivity index (χ0v) is 15.9. The molecule has 0 saturated heterocycles. The third kappa shape index (κ3) is 2.41. The van der Waals surface area contributed by atoms with Gasteiger partial charge < -0.3 is 10.2 Å². The summed E-state index contributed by atoms with van der Waals surface area (Å²) in [6.07, 6.45) is 9.85. The van der Waals surface area contributed by atoms with Gasteiger partial charge in [-0.05, 0) is 84.5 Å². The van der Waals surface area contributed by atoms with Crippen LogP contribution in [-0.2, 0) is 4.79 Å². The SMILES string of the molecule is C[C@H](CO)[C@H]1CC[C@H]2[C@@H]3C(O)CC4CC(=O)C=C[C@]4(C)[C@H]3CC[C@]12C. The number of allylic oxidation sites excluding steroid dienone is 2. The van der Waals surface area contributed by atoms with Crippen LogP contribution >= 0.6 is 0 Å². The van der Waals surface area contributed by atoms with Gasteiger partial charge in [0.05, 0.1) is 6.10 Å². The molecule has 4 aliphatic rings. The van der Waals surface area contributed by atoms with E-state index >= 15 is 0 Å². The molecule has 4 rings (SSSR count). The second kappa shape index (κ2) is 5.92. The number of fused-ring (bicyclic) bond motifs is 5. The normalized spacial score (nSPS) is 53.1. The Hall–Kier alpha value is -0.670. The molecule has 3 nitrogen and oxygen atoms in total. The summed E-state index contributed by atoms with van der Waals surface area (Å²) in [6, 6.07) is 0. The van der Waals surface area contributed by atoms with E-state index in [1.54, 1.807) is 0 Å². The van der Waals surface area contributed by atoms with Gasteiger partial charge in [0, 0.05) is 13.0 Å². The van der Waals surface area contributed by atoms with Crippen LogP contribution < -0.4 is 0 Å². The molecule has 3 heteroatoms. The summed E-state index contributed by atoms with van der Waals surface area (Å²) >= 11 is 0. The van der Waals surface area contributed by atoms with Gasteiger partial charge >= 0.3 is 0 Å². The maximum Gasteiger partial charge on any atom is 0.155 e. The van der Waals surface area contributed by atoms with Gasteiger partial charge in [-0.1, -0.05) is 26.8 Å². The van der Waals surface area contributed by atoms with Crippen molar-refractivity contribution < 1.29 is 15.0 Å². The van der Waals surface area contributed by atoms with Crippen molar-refractivity contribution in [1.29, 1.82) is 0 Å². The second-order valence-electron chi connectivity index (χ2n) is 10.0. The van der Waals surface area contributed by atoms with Crippen molar-refractivity contribution in [3.05, 3.63) is 12.2 Å². The zero-order valence-electron chi connectivity index (χ0n) is 15.9. The molecular weight excluding hydrogens is 312 g/mol. The zero-order chi connectivity index (χ0) is 18.0. The molecule has 0 aromatic carbocycles.